The third kappa shape index (κ3) is 1.75. The minimum atomic E-state index is -1.66. The fourth-order valence-electron chi connectivity index (χ4n) is 0.0467. The number of hydrogen-bond acceptors (Lipinski definition) is 2. The van der Waals surface area contributed by atoms with Crippen molar-refractivity contribution < 1.29 is 19.4 Å². The van der Waals surface area contributed by atoms with Crippen LogP contribution in [0.1, 0.15) is 0 Å². The number of carbonyl (C=O) groups is 1. The molecule has 0 aromatic heterocycles. The van der Waals surface area contributed by atoms with Crippen LogP contribution >= 0.6 is 0 Å². The lowest BCUT2D eigenvalue weighted by molar-refractivity contribution is -0.135. The molecule has 0 radical (unpaired) electrons. The summed E-state index contributed by atoms with van der Waals surface area (Å²) in [6.45, 7) is 0. The summed E-state index contributed by atoms with van der Waals surface area (Å²) in [5.74, 6) is -2.94. The molecule has 0 aromatic rings. The maximum Gasteiger partial charge on any atom is 0.373 e. The van der Waals surface area contributed by atoms with E-state index in [1.807, 2.05) is 0 Å². The van der Waals surface area contributed by atoms with Gasteiger partial charge in [-0.25, -0.2) is 9.18 Å². The van der Waals surface area contributed by atoms with E-state index in [0.29, 0.717) is 0 Å². The number of aliphatic carboxylic acids is 1. The largest absolute Gasteiger partial charge is 0.500 e. The van der Waals surface area contributed by atoms with E-state index in [-0.39, 0.29) is 6.33 Å². The summed E-state index contributed by atoms with van der Waals surface area (Å²) in [6, 6.07) is 0. The molecule has 0 saturated carbocycles. The lowest BCUT2D eigenvalue weighted by Gasteiger charge is -1.81. The Morgan fingerprint density at radius 2 is 2.00 bits per heavy atom. The summed E-state index contributed by atoms with van der Waals surface area (Å²) in [4.78, 5) is 9.37. The Kier molecular flexibility index (Phi) is 1.84. The molecule has 0 bridgehead atoms. The molecule has 4 heteroatoms. The Labute approximate surface area is 38.7 Å². The number of rotatable bonds is 1. The van der Waals surface area contributed by atoms with Crippen LogP contribution in [0.3, 0.4) is 0 Å². The average Bonchev–Trinajstić information content (AvgIpc) is 1.65. The van der Waals surface area contributed by atoms with Crippen LogP contribution in [0.25, 0.3) is 0 Å². The van der Waals surface area contributed by atoms with Crippen molar-refractivity contribution >= 4 is 5.97 Å². The van der Waals surface area contributed by atoms with Crippen molar-refractivity contribution in [3.63, 3.8) is 0 Å². The fourth-order valence-corrected chi connectivity index (χ4v) is 0.0467. The molecule has 0 aromatic carbocycles. The summed E-state index contributed by atoms with van der Waals surface area (Å²) in [5.41, 5.74) is 0. The Morgan fingerprint density at radius 3 is 2.00 bits per heavy atom. The predicted molar refractivity (Wildman–Crippen MR) is 19.5 cm³/mol. The predicted octanol–water partition coefficient (Wildman–Crippen LogP) is 0.440. The molecule has 2 N–H and O–H groups in total. The van der Waals surface area contributed by atoms with Gasteiger partial charge in [0.15, 0.2) is 0 Å². The summed E-state index contributed by atoms with van der Waals surface area (Å²) in [6.07, 6.45) is -0.387. The van der Waals surface area contributed by atoms with Crippen LogP contribution < -0.4 is 0 Å². The van der Waals surface area contributed by atoms with Gasteiger partial charge >= 0.3 is 5.97 Å². The molecule has 0 amide bonds. The number of aliphatic hydroxyl groups excluding tert-OH is 1. The van der Waals surface area contributed by atoms with Gasteiger partial charge in [-0.2, -0.15) is 0 Å². The minimum absolute atomic E-state index is 0.387. The smallest absolute Gasteiger partial charge is 0.373 e. The van der Waals surface area contributed by atoms with E-state index in [1.54, 1.807) is 0 Å². The van der Waals surface area contributed by atoms with E-state index < -0.39 is 11.7 Å². The van der Waals surface area contributed by atoms with Gasteiger partial charge in [-0.15, -0.1) is 0 Å². The zero-order valence-corrected chi connectivity index (χ0v) is 3.26. The highest BCUT2D eigenvalue weighted by Crippen LogP contribution is 1.85. The molecule has 40 valence electrons. The molecule has 0 aliphatic rings. The van der Waals surface area contributed by atoms with Crippen molar-refractivity contribution in [2.45, 2.75) is 0 Å². The molecule has 0 saturated heterocycles. The highest BCUT2D eigenvalue weighted by atomic mass is 19.1. The van der Waals surface area contributed by atoms with E-state index in [9.17, 15) is 9.18 Å². The van der Waals surface area contributed by atoms with E-state index in [4.69, 9.17) is 10.2 Å². The van der Waals surface area contributed by atoms with Gasteiger partial charge in [-0.05, 0) is 0 Å². The molecule has 3 nitrogen and oxygen atoms in total. The summed E-state index contributed by atoms with van der Waals surface area (Å²) in [7, 11) is 0. The van der Waals surface area contributed by atoms with Gasteiger partial charge in [-0.1, -0.05) is 0 Å². The molecule has 0 atom stereocenters. The van der Waals surface area contributed by atoms with Gasteiger partial charge in [0.05, 0.1) is 0 Å². The van der Waals surface area contributed by atoms with E-state index >= 15 is 0 Å². The van der Waals surface area contributed by atoms with Gasteiger partial charge in [-0.3, -0.25) is 0 Å². The van der Waals surface area contributed by atoms with Gasteiger partial charge in [0.2, 0.25) is 5.76 Å². The van der Waals surface area contributed by atoms with Crippen molar-refractivity contribution in [3.05, 3.63) is 12.1 Å². The Morgan fingerprint density at radius 1 is 1.57 bits per heavy atom. The van der Waals surface area contributed by atoms with Crippen LogP contribution in [0.15, 0.2) is 12.1 Å². The Balaban J connectivity index is 3.82. The maximum absolute atomic E-state index is 10.8. The minimum Gasteiger partial charge on any atom is -0.500 e. The van der Waals surface area contributed by atoms with Crippen molar-refractivity contribution in [2.24, 2.45) is 0 Å². The van der Waals surface area contributed by atoms with Crippen LogP contribution in [-0.4, -0.2) is 16.2 Å². The Bertz CT molecular complexity index is 107. The summed E-state index contributed by atoms with van der Waals surface area (Å²) in [5, 5.41) is 15.4. The van der Waals surface area contributed by atoms with Crippen LogP contribution in [0, 0.1) is 0 Å². The monoisotopic (exact) mass is 106 g/mol. The average molecular weight is 106 g/mol. The van der Waals surface area contributed by atoms with Crippen molar-refractivity contribution in [1.29, 1.82) is 0 Å². The first-order valence-electron chi connectivity index (χ1n) is 1.41. The van der Waals surface area contributed by atoms with Crippen molar-refractivity contribution in [2.75, 3.05) is 0 Å². The first-order chi connectivity index (χ1) is 3.18. The number of aliphatic hydroxyl groups is 1. The summed E-state index contributed by atoms with van der Waals surface area (Å²) >= 11 is 0. The van der Waals surface area contributed by atoms with Crippen LogP contribution in [0.5, 0.6) is 0 Å². The second-order valence-corrected chi connectivity index (χ2v) is 0.800. The van der Waals surface area contributed by atoms with Crippen LogP contribution in [0.2, 0.25) is 0 Å². The van der Waals surface area contributed by atoms with Crippen molar-refractivity contribution in [3.8, 4) is 0 Å². The lowest BCUT2D eigenvalue weighted by Crippen LogP contribution is -1.96. The fraction of sp³-hybridized carbons (Fsp3) is 0. The van der Waals surface area contributed by atoms with Crippen LogP contribution in [0.4, 0.5) is 4.39 Å². The topological polar surface area (TPSA) is 57.5 Å². The molecule has 0 spiro atoms. The molecule has 0 heterocycles. The molecule has 0 rings (SSSR count). The number of carboxylic acids is 1. The van der Waals surface area contributed by atoms with E-state index in [1.165, 1.54) is 0 Å². The number of carboxylic acid groups (broad SMARTS) is 1. The zero-order valence-electron chi connectivity index (χ0n) is 3.26. The highest BCUT2D eigenvalue weighted by molar-refractivity contribution is 5.83. The third-order valence-corrected chi connectivity index (χ3v) is 0.322. The molecule has 0 unspecified atom stereocenters. The highest BCUT2D eigenvalue weighted by Gasteiger charge is 2.00. The summed E-state index contributed by atoms with van der Waals surface area (Å²) < 4.78 is 10.8. The SMILES string of the molecule is O=C(O)C(O)=CF. The molecular formula is C3H3FO3. The van der Waals surface area contributed by atoms with E-state index in [2.05, 4.69) is 0 Å². The normalized spacial score (nSPS) is 11.3. The first-order valence-corrected chi connectivity index (χ1v) is 1.41. The van der Waals surface area contributed by atoms with Gasteiger partial charge in [0.1, 0.15) is 6.33 Å². The Hall–Kier alpha value is -1.06. The molecule has 7 heavy (non-hydrogen) atoms. The first kappa shape index (κ1) is 5.94. The third-order valence-electron chi connectivity index (χ3n) is 0.322. The van der Waals surface area contributed by atoms with Gasteiger partial charge in [0.25, 0.3) is 0 Å². The molecular weight excluding hydrogens is 103 g/mol. The standard InChI is InChI=1S/C3H3FO3/c4-1-2(5)3(6)7/h1,5H,(H,6,7). The van der Waals surface area contributed by atoms with Gasteiger partial charge < -0.3 is 10.2 Å². The quantitative estimate of drug-likeness (QED) is 0.376. The van der Waals surface area contributed by atoms with Crippen LogP contribution in [-0.2, 0) is 4.79 Å². The zero-order chi connectivity index (χ0) is 5.86. The second kappa shape index (κ2) is 2.17. The number of halogens is 1. The van der Waals surface area contributed by atoms with Crippen molar-refractivity contribution in [1.82, 2.24) is 0 Å². The lowest BCUT2D eigenvalue weighted by atomic mass is 10.6. The van der Waals surface area contributed by atoms with Gasteiger partial charge in [0, 0.05) is 0 Å². The molecule has 0 aliphatic heterocycles. The van der Waals surface area contributed by atoms with E-state index in [0.717, 1.165) is 0 Å². The number of hydrogen-bond donors (Lipinski definition) is 2. The second-order valence-electron chi connectivity index (χ2n) is 0.800. The maximum atomic E-state index is 10.8. The molecule has 0 fully saturated rings. The molecule has 0 aliphatic carbocycles.